The van der Waals surface area contributed by atoms with Gasteiger partial charge in [-0.2, -0.15) is 0 Å². The second-order valence-corrected chi connectivity index (χ2v) is 8.75. The monoisotopic (exact) mass is 439 g/mol. The third-order valence-electron chi connectivity index (χ3n) is 5.09. The van der Waals surface area contributed by atoms with Crippen LogP contribution in [0.1, 0.15) is 15.9 Å². The van der Waals surface area contributed by atoms with E-state index in [9.17, 15) is 13.2 Å². The Balaban J connectivity index is 1.66. The number of esters is 1. The van der Waals surface area contributed by atoms with E-state index in [-0.39, 0.29) is 16.2 Å². The molecule has 0 N–H and O–H groups in total. The summed E-state index contributed by atoms with van der Waals surface area (Å²) >= 11 is 0. The number of benzene rings is 3. The lowest BCUT2D eigenvalue weighted by Gasteiger charge is -2.20. The molecule has 31 heavy (non-hydrogen) atoms. The number of rotatable bonds is 6. The van der Waals surface area contributed by atoms with Gasteiger partial charge in [0.2, 0.25) is 0 Å². The molecule has 0 amide bonds. The fraction of sp³-hybridized carbons (Fsp3) is 0.174. The average molecular weight is 439 g/mol. The first-order chi connectivity index (χ1) is 14.9. The Morgan fingerprint density at radius 2 is 1.61 bits per heavy atom. The van der Waals surface area contributed by atoms with E-state index in [0.29, 0.717) is 30.2 Å². The fourth-order valence-electron chi connectivity index (χ4n) is 3.50. The van der Waals surface area contributed by atoms with Crippen molar-refractivity contribution in [1.29, 1.82) is 0 Å². The van der Waals surface area contributed by atoms with E-state index in [1.54, 1.807) is 36.4 Å². The highest BCUT2D eigenvalue weighted by Gasteiger charge is 2.31. The first kappa shape index (κ1) is 20.7. The van der Waals surface area contributed by atoms with Gasteiger partial charge in [0.05, 0.1) is 24.8 Å². The average Bonchev–Trinajstić information content (AvgIpc) is 3.24. The van der Waals surface area contributed by atoms with E-state index < -0.39 is 16.0 Å². The number of hydrogen-bond donors (Lipinski definition) is 0. The van der Waals surface area contributed by atoms with Gasteiger partial charge in [-0.3, -0.25) is 4.31 Å². The minimum Gasteiger partial charge on any atom is -0.497 e. The lowest BCUT2D eigenvalue weighted by Crippen LogP contribution is -2.29. The molecule has 0 aliphatic carbocycles. The van der Waals surface area contributed by atoms with Gasteiger partial charge in [0.1, 0.15) is 22.8 Å². The Kier molecular flexibility index (Phi) is 5.56. The van der Waals surface area contributed by atoms with Gasteiger partial charge in [-0.1, -0.05) is 18.2 Å². The van der Waals surface area contributed by atoms with Crippen LogP contribution in [0, 0.1) is 0 Å². The summed E-state index contributed by atoms with van der Waals surface area (Å²) < 4.78 is 43.8. The van der Waals surface area contributed by atoms with Crippen LogP contribution in [0.25, 0.3) is 0 Å². The van der Waals surface area contributed by atoms with E-state index in [1.807, 2.05) is 12.1 Å². The summed E-state index contributed by atoms with van der Waals surface area (Å²) in [4.78, 5) is 12.8. The van der Waals surface area contributed by atoms with Crippen molar-refractivity contribution in [1.82, 2.24) is 0 Å². The number of nitrogens with zero attached hydrogens (tertiary/aromatic N) is 1. The molecule has 0 radical (unpaired) electrons. The SMILES string of the molecule is COc1ccc(OC(=O)c2cc(S(=O)(=O)N3CCc4ccccc43)ccc2OC)cc1. The maximum absolute atomic E-state index is 13.3. The molecule has 0 atom stereocenters. The number of fused-ring (bicyclic) bond motifs is 1. The van der Waals surface area contributed by atoms with Crippen LogP contribution in [-0.2, 0) is 16.4 Å². The summed E-state index contributed by atoms with van der Waals surface area (Å²) in [6.07, 6.45) is 0.637. The predicted molar refractivity (Wildman–Crippen MR) is 116 cm³/mol. The van der Waals surface area contributed by atoms with Gasteiger partial charge in [-0.25, -0.2) is 13.2 Å². The van der Waals surface area contributed by atoms with Gasteiger partial charge < -0.3 is 14.2 Å². The maximum atomic E-state index is 13.3. The molecule has 4 rings (SSSR count). The Hall–Kier alpha value is -3.52. The number of carbonyl (C=O) groups is 1. The number of sulfonamides is 1. The van der Waals surface area contributed by atoms with E-state index in [4.69, 9.17) is 14.2 Å². The van der Waals surface area contributed by atoms with Gasteiger partial charge in [-0.15, -0.1) is 0 Å². The molecule has 1 aliphatic heterocycles. The van der Waals surface area contributed by atoms with E-state index in [0.717, 1.165) is 5.56 Å². The number of para-hydroxylation sites is 1. The summed E-state index contributed by atoms with van der Waals surface area (Å²) in [6.45, 7) is 0.347. The highest BCUT2D eigenvalue weighted by atomic mass is 32.2. The number of carbonyl (C=O) groups excluding carboxylic acids is 1. The van der Waals surface area contributed by atoms with Crippen LogP contribution in [0.4, 0.5) is 5.69 Å². The zero-order chi connectivity index (χ0) is 22.0. The van der Waals surface area contributed by atoms with E-state index in [2.05, 4.69) is 0 Å². The fourth-order valence-corrected chi connectivity index (χ4v) is 5.03. The third kappa shape index (κ3) is 3.94. The van der Waals surface area contributed by atoms with Gasteiger partial charge in [-0.05, 0) is 60.5 Å². The molecule has 3 aromatic carbocycles. The van der Waals surface area contributed by atoms with Crippen molar-refractivity contribution in [3.05, 3.63) is 77.9 Å². The van der Waals surface area contributed by atoms with Crippen LogP contribution in [0.15, 0.2) is 71.6 Å². The molecule has 0 aromatic heterocycles. The first-order valence-electron chi connectivity index (χ1n) is 9.59. The topological polar surface area (TPSA) is 82.1 Å². The number of anilines is 1. The van der Waals surface area contributed by atoms with Crippen LogP contribution in [0.3, 0.4) is 0 Å². The van der Waals surface area contributed by atoms with Crippen LogP contribution in [-0.4, -0.2) is 35.2 Å². The molecule has 160 valence electrons. The van der Waals surface area contributed by atoms with Crippen molar-refractivity contribution in [3.8, 4) is 17.2 Å². The van der Waals surface area contributed by atoms with Gasteiger partial charge >= 0.3 is 5.97 Å². The van der Waals surface area contributed by atoms with Crippen LogP contribution in [0.2, 0.25) is 0 Å². The van der Waals surface area contributed by atoms with Crippen molar-refractivity contribution < 1.29 is 27.4 Å². The lowest BCUT2D eigenvalue weighted by atomic mass is 10.2. The summed E-state index contributed by atoms with van der Waals surface area (Å²) in [5.74, 6) is 0.422. The quantitative estimate of drug-likeness (QED) is 0.431. The Morgan fingerprint density at radius 3 is 2.32 bits per heavy atom. The second kappa shape index (κ2) is 8.31. The van der Waals surface area contributed by atoms with Crippen molar-refractivity contribution in [2.75, 3.05) is 25.1 Å². The minimum atomic E-state index is -3.86. The number of methoxy groups -OCH3 is 2. The zero-order valence-corrected chi connectivity index (χ0v) is 17.9. The molecule has 0 fully saturated rings. The van der Waals surface area contributed by atoms with Gasteiger partial charge in [0.15, 0.2) is 0 Å². The minimum absolute atomic E-state index is 0.00770. The van der Waals surface area contributed by atoms with Crippen molar-refractivity contribution in [3.63, 3.8) is 0 Å². The maximum Gasteiger partial charge on any atom is 0.347 e. The summed E-state index contributed by atoms with van der Waals surface area (Å²) in [5.41, 5.74) is 1.64. The zero-order valence-electron chi connectivity index (χ0n) is 17.1. The molecule has 7 nitrogen and oxygen atoms in total. The smallest absolute Gasteiger partial charge is 0.347 e. The molecule has 0 unspecified atom stereocenters. The molecule has 8 heteroatoms. The van der Waals surface area contributed by atoms with Crippen molar-refractivity contribution in [2.45, 2.75) is 11.3 Å². The third-order valence-corrected chi connectivity index (χ3v) is 6.90. The van der Waals surface area contributed by atoms with Crippen molar-refractivity contribution in [2.24, 2.45) is 0 Å². The van der Waals surface area contributed by atoms with Gasteiger partial charge in [0, 0.05) is 6.54 Å². The molecular weight excluding hydrogens is 418 g/mol. The van der Waals surface area contributed by atoms with Gasteiger partial charge in [0.25, 0.3) is 10.0 Å². The largest absolute Gasteiger partial charge is 0.497 e. The molecule has 1 aliphatic rings. The van der Waals surface area contributed by atoms with Crippen LogP contribution < -0.4 is 18.5 Å². The van der Waals surface area contributed by atoms with Crippen LogP contribution >= 0.6 is 0 Å². The summed E-state index contributed by atoms with van der Waals surface area (Å²) in [5, 5.41) is 0. The number of ether oxygens (including phenoxy) is 3. The molecule has 0 spiro atoms. The molecule has 3 aromatic rings. The molecule has 1 heterocycles. The molecule has 0 bridgehead atoms. The van der Waals surface area contributed by atoms with Crippen LogP contribution in [0.5, 0.6) is 17.2 Å². The lowest BCUT2D eigenvalue weighted by molar-refractivity contribution is 0.0731. The number of hydrogen-bond acceptors (Lipinski definition) is 6. The van der Waals surface area contributed by atoms with Crippen molar-refractivity contribution >= 4 is 21.7 Å². The Morgan fingerprint density at radius 1 is 0.903 bits per heavy atom. The first-order valence-corrected chi connectivity index (χ1v) is 11.0. The summed E-state index contributed by atoms with van der Waals surface area (Å²) in [7, 11) is -0.916. The molecule has 0 saturated heterocycles. The Bertz CT molecular complexity index is 1220. The normalized spacial score (nSPS) is 12.9. The van der Waals surface area contributed by atoms with E-state index in [1.165, 1.54) is 36.7 Å². The molecular formula is C23H21NO6S. The predicted octanol–water partition coefficient (Wildman–Crippen LogP) is 3.67. The summed E-state index contributed by atoms with van der Waals surface area (Å²) in [6, 6.07) is 18.1. The van der Waals surface area contributed by atoms with E-state index >= 15 is 0 Å². The Labute approximate surface area is 180 Å². The molecule has 0 saturated carbocycles. The second-order valence-electron chi connectivity index (χ2n) is 6.88. The standard InChI is InChI=1S/C23H21NO6S/c1-28-17-7-9-18(10-8-17)30-23(25)20-15-19(11-12-22(20)29-2)31(26,27)24-14-13-16-5-3-4-6-21(16)24/h3-12,15H,13-14H2,1-2H3. The highest BCUT2D eigenvalue weighted by Crippen LogP contribution is 2.34. The highest BCUT2D eigenvalue weighted by molar-refractivity contribution is 7.92.